The average molecular weight is 257 g/mol. The number of nitrogens with two attached hydrogens (primary N) is 1. The van der Waals surface area contributed by atoms with Crippen LogP contribution in [-0.4, -0.2) is 12.6 Å². The van der Waals surface area contributed by atoms with E-state index in [2.05, 4.69) is 24.8 Å². The lowest BCUT2D eigenvalue weighted by atomic mass is 9.88. The van der Waals surface area contributed by atoms with Crippen molar-refractivity contribution >= 4 is 0 Å². The molecule has 0 aromatic heterocycles. The fraction of sp³-hybridized carbons (Fsp3) is 0.529. The van der Waals surface area contributed by atoms with Gasteiger partial charge < -0.3 is 10.5 Å². The summed E-state index contributed by atoms with van der Waals surface area (Å²) in [6.45, 7) is 3.35. The van der Waals surface area contributed by atoms with E-state index in [1.54, 1.807) is 0 Å². The van der Waals surface area contributed by atoms with Crippen molar-refractivity contribution in [3.05, 3.63) is 35.4 Å². The molecule has 2 unspecified atom stereocenters. The second-order valence-corrected chi connectivity index (χ2v) is 5.27. The molecule has 2 heteroatoms. The standard InChI is InChI=1S/C17H23NO/c1-14-7-2-5-11-17(14)19-13-16-9-4-3-8-15(16)10-6-12-18/h3-4,8-9,14,17H,2,5,7,11-13,18H2,1H3. The molecule has 1 saturated carbocycles. The topological polar surface area (TPSA) is 35.2 Å². The number of hydrogen-bond acceptors (Lipinski definition) is 2. The van der Waals surface area contributed by atoms with Crippen LogP contribution in [0.2, 0.25) is 0 Å². The summed E-state index contributed by atoms with van der Waals surface area (Å²) in [5, 5.41) is 0. The zero-order chi connectivity index (χ0) is 13.5. The predicted octanol–water partition coefficient (Wildman–Crippen LogP) is 3.09. The van der Waals surface area contributed by atoms with Crippen LogP contribution in [0.25, 0.3) is 0 Å². The third-order valence-electron chi connectivity index (χ3n) is 3.83. The van der Waals surface area contributed by atoms with Gasteiger partial charge in [0.1, 0.15) is 0 Å². The largest absolute Gasteiger partial charge is 0.373 e. The molecule has 102 valence electrons. The van der Waals surface area contributed by atoms with Crippen LogP contribution >= 0.6 is 0 Å². The van der Waals surface area contributed by atoms with Gasteiger partial charge in [-0.25, -0.2) is 0 Å². The number of hydrogen-bond donors (Lipinski definition) is 1. The minimum Gasteiger partial charge on any atom is -0.373 e. The van der Waals surface area contributed by atoms with Crippen LogP contribution in [0.5, 0.6) is 0 Å². The van der Waals surface area contributed by atoms with Crippen molar-refractivity contribution in [1.29, 1.82) is 0 Å². The van der Waals surface area contributed by atoms with Gasteiger partial charge in [-0.05, 0) is 30.4 Å². The highest BCUT2D eigenvalue weighted by Crippen LogP contribution is 2.27. The van der Waals surface area contributed by atoms with E-state index in [-0.39, 0.29) is 0 Å². The average Bonchev–Trinajstić information content (AvgIpc) is 2.45. The summed E-state index contributed by atoms with van der Waals surface area (Å²) in [6.07, 6.45) is 5.53. The highest BCUT2D eigenvalue weighted by atomic mass is 16.5. The molecule has 1 aliphatic rings. The molecular weight excluding hydrogens is 234 g/mol. The maximum absolute atomic E-state index is 6.10. The Hall–Kier alpha value is -1.30. The summed E-state index contributed by atoms with van der Waals surface area (Å²) in [5.74, 6) is 6.71. The second-order valence-electron chi connectivity index (χ2n) is 5.27. The molecule has 2 N–H and O–H groups in total. The van der Waals surface area contributed by atoms with Crippen molar-refractivity contribution < 1.29 is 4.74 Å². The van der Waals surface area contributed by atoms with Crippen molar-refractivity contribution in [1.82, 2.24) is 0 Å². The van der Waals surface area contributed by atoms with Gasteiger partial charge >= 0.3 is 0 Å². The Balaban J connectivity index is 1.98. The van der Waals surface area contributed by atoms with Crippen molar-refractivity contribution in [2.24, 2.45) is 11.7 Å². The van der Waals surface area contributed by atoms with E-state index >= 15 is 0 Å². The summed E-state index contributed by atoms with van der Waals surface area (Å²) in [6, 6.07) is 8.17. The van der Waals surface area contributed by atoms with Gasteiger partial charge in [0.2, 0.25) is 0 Å². The van der Waals surface area contributed by atoms with E-state index in [0.29, 0.717) is 25.2 Å². The van der Waals surface area contributed by atoms with Crippen LogP contribution in [0.4, 0.5) is 0 Å². The minimum absolute atomic E-state index is 0.398. The minimum atomic E-state index is 0.398. The first-order chi connectivity index (χ1) is 9.31. The molecule has 1 aromatic carbocycles. The smallest absolute Gasteiger partial charge is 0.0732 e. The maximum atomic E-state index is 6.10. The van der Waals surface area contributed by atoms with Crippen LogP contribution in [0.15, 0.2) is 24.3 Å². The molecule has 0 radical (unpaired) electrons. The van der Waals surface area contributed by atoms with E-state index in [1.165, 1.54) is 31.2 Å². The summed E-state index contributed by atoms with van der Waals surface area (Å²) >= 11 is 0. The Morgan fingerprint density at radius 3 is 2.84 bits per heavy atom. The van der Waals surface area contributed by atoms with Gasteiger partial charge in [-0.3, -0.25) is 0 Å². The lowest BCUT2D eigenvalue weighted by Crippen LogP contribution is -2.25. The molecule has 0 heterocycles. The Bertz CT molecular complexity index is 458. The SMILES string of the molecule is CC1CCCCC1OCc1ccccc1C#CCN. The molecule has 2 rings (SSSR count). The Kier molecular flexibility index (Phi) is 5.44. The molecular formula is C17H23NO. The molecule has 2 nitrogen and oxygen atoms in total. The number of benzene rings is 1. The summed E-state index contributed by atoms with van der Waals surface area (Å²) in [7, 11) is 0. The van der Waals surface area contributed by atoms with Crippen molar-refractivity contribution in [3.8, 4) is 11.8 Å². The highest BCUT2D eigenvalue weighted by Gasteiger charge is 2.21. The highest BCUT2D eigenvalue weighted by molar-refractivity contribution is 5.41. The third-order valence-corrected chi connectivity index (χ3v) is 3.83. The molecule has 1 aliphatic carbocycles. The Morgan fingerprint density at radius 1 is 1.26 bits per heavy atom. The number of rotatable bonds is 3. The Morgan fingerprint density at radius 2 is 2.05 bits per heavy atom. The number of ether oxygens (including phenoxy) is 1. The monoisotopic (exact) mass is 257 g/mol. The first-order valence-electron chi connectivity index (χ1n) is 7.19. The Labute approximate surface area is 116 Å². The fourth-order valence-corrected chi connectivity index (χ4v) is 2.64. The maximum Gasteiger partial charge on any atom is 0.0732 e. The van der Waals surface area contributed by atoms with Crippen molar-refractivity contribution in [2.75, 3.05) is 6.54 Å². The van der Waals surface area contributed by atoms with Crippen LogP contribution in [0.1, 0.15) is 43.7 Å². The van der Waals surface area contributed by atoms with Crippen molar-refractivity contribution in [2.45, 2.75) is 45.3 Å². The normalized spacial score (nSPS) is 22.6. The van der Waals surface area contributed by atoms with Crippen molar-refractivity contribution in [3.63, 3.8) is 0 Å². The molecule has 2 atom stereocenters. The van der Waals surface area contributed by atoms with E-state index in [9.17, 15) is 0 Å². The summed E-state index contributed by atoms with van der Waals surface area (Å²) in [4.78, 5) is 0. The van der Waals surface area contributed by atoms with Gasteiger partial charge in [-0.1, -0.05) is 49.8 Å². The fourth-order valence-electron chi connectivity index (χ4n) is 2.64. The van der Waals surface area contributed by atoms with E-state index in [1.807, 2.05) is 18.2 Å². The molecule has 19 heavy (non-hydrogen) atoms. The van der Waals surface area contributed by atoms with Crippen LogP contribution in [-0.2, 0) is 11.3 Å². The van der Waals surface area contributed by atoms with Crippen LogP contribution in [0.3, 0.4) is 0 Å². The van der Waals surface area contributed by atoms with E-state index in [0.717, 1.165) is 5.56 Å². The van der Waals surface area contributed by atoms with Gasteiger partial charge in [0.15, 0.2) is 0 Å². The van der Waals surface area contributed by atoms with Crippen LogP contribution in [0, 0.1) is 17.8 Å². The molecule has 0 bridgehead atoms. The van der Waals surface area contributed by atoms with Gasteiger partial charge in [0.25, 0.3) is 0 Å². The van der Waals surface area contributed by atoms with Gasteiger partial charge in [-0.15, -0.1) is 0 Å². The zero-order valence-corrected chi connectivity index (χ0v) is 11.7. The quantitative estimate of drug-likeness (QED) is 0.845. The molecule has 1 aromatic rings. The first-order valence-corrected chi connectivity index (χ1v) is 7.19. The molecule has 0 spiro atoms. The van der Waals surface area contributed by atoms with E-state index in [4.69, 9.17) is 10.5 Å². The molecule has 0 saturated heterocycles. The predicted molar refractivity (Wildman–Crippen MR) is 78.6 cm³/mol. The van der Waals surface area contributed by atoms with Gasteiger partial charge in [0, 0.05) is 5.56 Å². The summed E-state index contributed by atoms with van der Waals surface area (Å²) in [5.41, 5.74) is 7.64. The third kappa shape index (κ3) is 4.09. The van der Waals surface area contributed by atoms with Gasteiger partial charge in [0.05, 0.1) is 19.3 Å². The lowest BCUT2D eigenvalue weighted by molar-refractivity contribution is -0.0155. The van der Waals surface area contributed by atoms with Gasteiger partial charge in [-0.2, -0.15) is 0 Å². The first kappa shape index (κ1) is 14.1. The molecule has 0 aliphatic heterocycles. The zero-order valence-electron chi connectivity index (χ0n) is 11.7. The van der Waals surface area contributed by atoms with Crippen LogP contribution < -0.4 is 5.73 Å². The van der Waals surface area contributed by atoms with E-state index < -0.39 is 0 Å². The second kappa shape index (κ2) is 7.33. The molecule has 0 amide bonds. The lowest BCUT2D eigenvalue weighted by Gasteiger charge is -2.28. The molecule has 1 fully saturated rings. The summed E-state index contributed by atoms with van der Waals surface area (Å²) < 4.78 is 6.10.